The van der Waals surface area contributed by atoms with Crippen LogP contribution in [0, 0.1) is 5.82 Å². The van der Waals surface area contributed by atoms with E-state index in [0.717, 1.165) is 62.4 Å². The number of quaternary nitrogens is 2. The Labute approximate surface area is 172 Å². The summed E-state index contributed by atoms with van der Waals surface area (Å²) in [5.74, 6) is 0.727. The minimum absolute atomic E-state index is 0.233. The molecule has 0 amide bonds. The van der Waals surface area contributed by atoms with Gasteiger partial charge in [-0.1, -0.05) is 6.08 Å². The number of nitrogens with one attached hydrogen (secondary N) is 2. The molecule has 1 fully saturated rings. The van der Waals surface area contributed by atoms with Crippen LogP contribution in [0.25, 0.3) is 0 Å². The van der Waals surface area contributed by atoms with Crippen LogP contribution in [0.5, 0.6) is 17.2 Å². The molecule has 0 radical (unpaired) electrons. The van der Waals surface area contributed by atoms with E-state index in [2.05, 4.69) is 6.58 Å². The monoisotopic (exact) mass is 402 g/mol. The largest absolute Gasteiger partial charge is 0.504 e. The molecule has 29 heavy (non-hydrogen) atoms. The molecule has 2 aromatic rings. The molecular formula is C23H31FN2O3+2. The maximum absolute atomic E-state index is 13.9. The third-order valence-corrected chi connectivity index (χ3v) is 5.59. The van der Waals surface area contributed by atoms with Gasteiger partial charge in [0.1, 0.15) is 39.3 Å². The highest BCUT2D eigenvalue weighted by Crippen LogP contribution is 2.31. The van der Waals surface area contributed by atoms with Gasteiger partial charge in [0, 0.05) is 5.56 Å². The molecule has 0 spiro atoms. The number of methoxy groups -OCH3 is 2. The summed E-state index contributed by atoms with van der Waals surface area (Å²) in [5, 5.41) is 10.5. The minimum atomic E-state index is -0.308. The molecule has 1 aliphatic rings. The summed E-state index contributed by atoms with van der Waals surface area (Å²) >= 11 is 0. The van der Waals surface area contributed by atoms with Crippen molar-refractivity contribution >= 4 is 0 Å². The SMILES string of the molecule is C=CCc1cc(C[NH+]2CC[NH+](Cc3ccc(OC)c(F)c3)CC2)c(O)c(OC)c1. The Hall–Kier alpha value is -2.57. The number of rotatable bonds is 8. The number of hydrogen-bond acceptors (Lipinski definition) is 3. The zero-order valence-electron chi connectivity index (χ0n) is 17.3. The lowest BCUT2D eigenvalue weighted by Gasteiger charge is -2.30. The van der Waals surface area contributed by atoms with Crippen LogP contribution in [0.1, 0.15) is 16.7 Å². The fourth-order valence-corrected chi connectivity index (χ4v) is 3.99. The predicted octanol–water partition coefficient (Wildman–Crippen LogP) is 0.761. The van der Waals surface area contributed by atoms with E-state index in [1.165, 1.54) is 16.9 Å². The Morgan fingerprint density at radius 1 is 0.966 bits per heavy atom. The number of aromatic hydroxyl groups is 1. The molecule has 0 bridgehead atoms. The standard InChI is InChI=1S/C23H29FN2O3/c1-4-5-17-12-19(23(27)22(14-17)29-3)16-26-10-8-25(9-11-26)15-18-6-7-21(28-2)20(24)13-18/h4,6-7,12-14,27H,1,5,8-11,15-16H2,2-3H3/p+2. The van der Waals surface area contributed by atoms with Crippen molar-refractivity contribution in [3.63, 3.8) is 0 Å². The van der Waals surface area contributed by atoms with Gasteiger partial charge in [-0.15, -0.1) is 6.58 Å². The second-order valence-electron chi connectivity index (χ2n) is 7.62. The van der Waals surface area contributed by atoms with Gasteiger partial charge >= 0.3 is 0 Å². The smallest absolute Gasteiger partial charge is 0.166 e. The van der Waals surface area contributed by atoms with Gasteiger partial charge in [-0.25, -0.2) is 4.39 Å². The number of piperazine rings is 1. The minimum Gasteiger partial charge on any atom is -0.504 e. The third-order valence-electron chi connectivity index (χ3n) is 5.59. The first-order valence-corrected chi connectivity index (χ1v) is 10.0. The summed E-state index contributed by atoms with van der Waals surface area (Å²) in [6.45, 7) is 9.38. The maximum atomic E-state index is 13.9. The molecule has 6 heteroatoms. The summed E-state index contributed by atoms with van der Waals surface area (Å²) in [4.78, 5) is 2.88. The van der Waals surface area contributed by atoms with E-state index in [4.69, 9.17) is 9.47 Å². The topological polar surface area (TPSA) is 47.6 Å². The molecule has 0 atom stereocenters. The lowest BCUT2D eigenvalue weighted by atomic mass is 10.0. The Balaban J connectivity index is 1.59. The lowest BCUT2D eigenvalue weighted by Crippen LogP contribution is -3.27. The van der Waals surface area contributed by atoms with Crippen molar-refractivity contribution in [3.05, 3.63) is 65.5 Å². The van der Waals surface area contributed by atoms with Crippen LogP contribution in [0.15, 0.2) is 43.0 Å². The highest BCUT2D eigenvalue weighted by molar-refractivity contribution is 5.48. The fraction of sp³-hybridized carbons (Fsp3) is 0.391. The fourth-order valence-electron chi connectivity index (χ4n) is 3.99. The molecule has 5 nitrogen and oxygen atoms in total. The van der Waals surface area contributed by atoms with Crippen molar-refractivity contribution in [1.82, 2.24) is 0 Å². The summed E-state index contributed by atoms with van der Waals surface area (Å²) in [6.07, 6.45) is 2.60. The number of phenols is 1. The van der Waals surface area contributed by atoms with Crippen LogP contribution < -0.4 is 19.3 Å². The average molecular weight is 403 g/mol. The number of ether oxygens (including phenoxy) is 2. The number of allylic oxidation sites excluding steroid dienone is 1. The highest BCUT2D eigenvalue weighted by atomic mass is 19.1. The van der Waals surface area contributed by atoms with Crippen molar-refractivity contribution in [2.45, 2.75) is 19.5 Å². The van der Waals surface area contributed by atoms with Crippen molar-refractivity contribution in [1.29, 1.82) is 0 Å². The molecule has 0 saturated carbocycles. The van der Waals surface area contributed by atoms with Crippen LogP contribution in [-0.2, 0) is 19.5 Å². The summed E-state index contributed by atoms with van der Waals surface area (Å²) < 4.78 is 24.2. The number of hydrogen-bond donors (Lipinski definition) is 3. The molecule has 3 N–H and O–H groups in total. The maximum Gasteiger partial charge on any atom is 0.166 e. The van der Waals surface area contributed by atoms with E-state index >= 15 is 0 Å². The molecule has 1 aliphatic heterocycles. The Morgan fingerprint density at radius 2 is 1.62 bits per heavy atom. The molecule has 156 valence electrons. The van der Waals surface area contributed by atoms with E-state index in [1.807, 2.05) is 24.3 Å². The van der Waals surface area contributed by atoms with Gasteiger partial charge in [0.15, 0.2) is 23.1 Å². The molecule has 1 heterocycles. The normalized spacial score (nSPS) is 19.0. The number of halogens is 1. The van der Waals surface area contributed by atoms with Crippen LogP contribution in [-0.4, -0.2) is 45.5 Å². The van der Waals surface area contributed by atoms with Crippen molar-refractivity contribution in [2.24, 2.45) is 0 Å². The van der Waals surface area contributed by atoms with Crippen LogP contribution >= 0.6 is 0 Å². The highest BCUT2D eigenvalue weighted by Gasteiger charge is 2.25. The summed E-state index contributed by atoms with van der Waals surface area (Å²) in [5.41, 5.74) is 2.99. The van der Waals surface area contributed by atoms with Gasteiger partial charge in [-0.2, -0.15) is 0 Å². The van der Waals surface area contributed by atoms with Crippen molar-refractivity contribution < 1.29 is 28.8 Å². The molecule has 2 aromatic carbocycles. The predicted molar refractivity (Wildman–Crippen MR) is 110 cm³/mol. The van der Waals surface area contributed by atoms with Gasteiger partial charge in [0.25, 0.3) is 0 Å². The van der Waals surface area contributed by atoms with Gasteiger partial charge < -0.3 is 24.4 Å². The van der Waals surface area contributed by atoms with Gasteiger partial charge in [0.05, 0.1) is 19.8 Å². The summed E-state index contributed by atoms with van der Waals surface area (Å²) in [7, 11) is 3.05. The second kappa shape index (κ2) is 9.76. The Bertz CT molecular complexity index is 848. The second-order valence-corrected chi connectivity index (χ2v) is 7.62. The Morgan fingerprint density at radius 3 is 2.21 bits per heavy atom. The van der Waals surface area contributed by atoms with Crippen molar-refractivity contribution in [3.8, 4) is 17.2 Å². The molecular weight excluding hydrogens is 371 g/mol. The first kappa shape index (κ1) is 21.1. The van der Waals surface area contributed by atoms with Gasteiger partial charge in [-0.3, -0.25) is 0 Å². The van der Waals surface area contributed by atoms with E-state index in [0.29, 0.717) is 5.75 Å². The molecule has 1 saturated heterocycles. The summed E-state index contributed by atoms with van der Waals surface area (Å²) in [6, 6.07) is 9.11. The number of benzene rings is 2. The van der Waals surface area contributed by atoms with Gasteiger partial charge in [0.2, 0.25) is 0 Å². The molecule has 3 rings (SSSR count). The lowest BCUT2D eigenvalue weighted by molar-refractivity contribution is -1.02. The zero-order chi connectivity index (χ0) is 20.8. The first-order valence-electron chi connectivity index (χ1n) is 10.0. The molecule has 0 aliphatic carbocycles. The van der Waals surface area contributed by atoms with Crippen LogP contribution in [0.2, 0.25) is 0 Å². The third kappa shape index (κ3) is 5.28. The molecule has 0 aromatic heterocycles. The Kier molecular flexibility index (Phi) is 7.12. The quantitative estimate of drug-likeness (QED) is 0.572. The van der Waals surface area contributed by atoms with E-state index < -0.39 is 0 Å². The first-order chi connectivity index (χ1) is 14.0. The zero-order valence-corrected chi connectivity index (χ0v) is 17.3. The average Bonchev–Trinajstić information content (AvgIpc) is 2.72. The number of phenolic OH excluding ortho intramolecular Hbond substituents is 1. The van der Waals surface area contributed by atoms with Gasteiger partial charge in [-0.05, 0) is 42.3 Å². The van der Waals surface area contributed by atoms with E-state index in [1.54, 1.807) is 19.2 Å². The van der Waals surface area contributed by atoms with E-state index in [-0.39, 0.29) is 17.3 Å². The van der Waals surface area contributed by atoms with E-state index in [9.17, 15) is 9.50 Å². The van der Waals surface area contributed by atoms with Crippen LogP contribution in [0.4, 0.5) is 4.39 Å². The molecule has 0 unspecified atom stereocenters. The van der Waals surface area contributed by atoms with Crippen molar-refractivity contribution in [2.75, 3.05) is 40.4 Å². The van der Waals surface area contributed by atoms with Crippen LogP contribution in [0.3, 0.4) is 0 Å².